The van der Waals surface area contributed by atoms with Crippen molar-refractivity contribution in [3.8, 4) is 0 Å². The van der Waals surface area contributed by atoms with Gasteiger partial charge in [0.15, 0.2) is 0 Å². The Morgan fingerprint density at radius 1 is 1.00 bits per heavy atom. The Morgan fingerprint density at radius 3 is 2.60 bits per heavy atom. The highest BCUT2D eigenvalue weighted by atomic mass is 15.1. The number of imidazole rings is 1. The molecule has 3 nitrogen and oxygen atoms in total. The largest absolute Gasteiger partial charge is 0.383 e. The summed E-state index contributed by atoms with van der Waals surface area (Å²) in [6, 6.07) is 16.7. The van der Waals surface area contributed by atoms with Crippen LogP contribution in [-0.4, -0.2) is 16.1 Å². The number of aryl methyl sites for hydroxylation is 2. The van der Waals surface area contributed by atoms with Crippen molar-refractivity contribution in [2.24, 2.45) is 0 Å². The van der Waals surface area contributed by atoms with Crippen molar-refractivity contribution in [1.29, 1.82) is 0 Å². The maximum Gasteiger partial charge on any atom is 0.106 e. The summed E-state index contributed by atoms with van der Waals surface area (Å²) in [6.07, 6.45) is 0. The molecule has 3 rings (SSSR count). The Bertz CT molecular complexity index is 728. The Labute approximate surface area is 119 Å². The molecule has 0 aliphatic rings. The lowest BCUT2D eigenvalue weighted by molar-refractivity contribution is 0.721. The first-order valence-corrected chi connectivity index (χ1v) is 6.97. The van der Waals surface area contributed by atoms with Gasteiger partial charge < -0.3 is 9.88 Å². The van der Waals surface area contributed by atoms with E-state index in [1.165, 1.54) is 16.8 Å². The molecule has 0 radical (unpaired) electrons. The molecular weight excluding hydrogens is 246 g/mol. The number of hydrogen-bond donors (Lipinski definition) is 1. The third-order valence-corrected chi connectivity index (χ3v) is 3.64. The van der Waals surface area contributed by atoms with E-state index in [-0.39, 0.29) is 0 Å². The zero-order valence-electron chi connectivity index (χ0n) is 11.9. The second kappa shape index (κ2) is 5.37. The average Bonchev–Trinajstić information content (AvgIpc) is 2.77. The molecule has 1 N–H and O–H groups in total. The van der Waals surface area contributed by atoms with Crippen LogP contribution < -0.4 is 5.32 Å². The van der Waals surface area contributed by atoms with E-state index in [4.69, 9.17) is 0 Å². The third kappa shape index (κ3) is 2.39. The van der Waals surface area contributed by atoms with Crippen molar-refractivity contribution in [2.45, 2.75) is 20.4 Å². The first kappa shape index (κ1) is 12.7. The van der Waals surface area contributed by atoms with Crippen LogP contribution in [0.4, 0.5) is 5.69 Å². The van der Waals surface area contributed by atoms with E-state index in [0.717, 1.165) is 24.4 Å². The summed E-state index contributed by atoms with van der Waals surface area (Å²) >= 11 is 0. The Hall–Kier alpha value is -2.29. The van der Waals surface area contributed by atoms with E-state index in [9.17, 15) is 0 Å². The van der Waals surface area contributed by atoms with Gasteiger partial charge in [-0.15, -0.1) is 0 Å². The molecular formula is C17H19N3. The fourth-order valence-electron chi connectivity index (χ4n) is 2.55. The maximum absolute atomic E-state index is 4.59. The van der Waals surface area contributed by atoms with E-state index >= 15 is 0 Å². The van der Waals surface area contributed by atoms with Gasteiger partial charge in [-0.2, -0.15) is 0 Å². The maximum atomic E-state index is 4.59. The summed E-state index contributed by atoms with van der Waals surface area (Å²) in [5.41, 5.74) is 4.76. The molecule has 0 fully saturated rings. The van der Waals surface area contributed by atoms with Crippen LogP contribution in [-0.2, 0) is 6.54 Å². The van der Waals surface area contributed by atoms with Gasteiger partial charge in [-0.1, -0.05) is 30.3 Å². The molecule has 102 valence electrons. The van der Waals surface area contributed by atoms with Gasteiger partial charge in [0.25, 0.3) is 0 Å². The lowest BCUT2D eigenvalue weighted by Gasteiger charge is -2.11. The zero-order valence-corrected chi connectivity index (χ0v) is 11.9. The van der Waals surface area contributed by atoms with Gasteiger partial charge >= 0.3 is 0 Å². The Morgan fingerprint density at radius 2 is 1.75 bits per heavy atom. The number of anilines is 1. The van der Waals surface area contributed by atoms with E-state index in [1.54, 1.807) is 0 Å². The van der Waals surface area contributed by atoms with E-state index in [2.05, 4.69) is 71.2 Å². The highest BCUT2D eigenvalue weighted by Crippen LogP contribution is 2.16. The predicted molar refractivity (Wildman–Crippen MR) is 84.1 cm³/mol. The SMILES string of the molecule is Cc1ccccc1NCCn1c(C)nc2ccccc21. The van der Waals surface area contributed by atoms with Crippen molar-refractivity contribution < 1.29 is 0 Å². The lowest BCUT2D eigenvalue weighted by atomic mass is 10.2. The number of rotatable bonds is 4. The molecule has 2 aromatic carbocycles. The van der Waals surface area contributed by atoms with Crippen molar-refractivity contribution in [3.05, 3.63) is 59.9 Å². The standard InChI is InChI=1S/C17H19N3/c1-13-7-3-4-8-15(13)18-11-12-20-14(2)19-16-9-5-6-10-17(16)20/h3-10,18H,11-12H2,1-2H3. The van der Waals surface area contributed by atoms with Crippen molar-refractivity contribution >= 4 is 16.7 Å². The normalized spacial score (nSPS) is 10.9. The summed E-state index contributed by atoms with van der Waals surface area (Å²) in [6.45, 7) is 6.00. The quantitative estimate of drug-likeness (QED) is 0.778. The predicted octanol–water partition coefficient (Wildman–Crippen LogP) is 3.77. The van der Waals surface area contributed by atoms with Gasteiger partial charge in [-0.3, -0.25) is 0 Å². The minimum Gasteiger partial charge on any atom is -0.383 e. The number of hydrogen-bond acceptors (Lipinski definition) is 2. The molecule has 0 unspecified atom stereocenters. The summed E-state index contributed by atoms with van der Waals surface area (Å²) in [5.74, 6) is 1.07. The van der Waals surface area contributed by atoms with Gasteiger partial charge in [-0.25, -0.2) is 4.98 Å². The van der Waals surface area contributed by atoms with Gasteiger partial charge in [0.1, 0.15) is 5.82 Å². The highest BCUT2D eigenvalue weighted by molar-refractivity contribution is 5.75. The second-order valence-electron chi connectivity index (χ2n) is 5.04. The fraction of sp³-hybridized carbons (Fsp3) is 0.235. The molecule has 0 spiro atoms. The highest BCUT2D eigenvalue weighted by Gasteiger charge is 2.05. The first-order chi connectivity index (χ1) is 9.75. The summed E-state index contributed by atoms with van der Waals surface area (Å²) in [4.78, 5) is 4.59. The van der Waals surface area contributed by atoms with E-state index in [0.29, 0.717) is 0 Å². The summed E-state index contributed by atoms with van der Waals surface area (Å²) in [7, 11) is 0. The molecule has 1 heterocycles. The number of aromatic nitrogens is 2. The van der Waals surface area contributed by atoms with Crippen LogP contribution in [0.1, 0.15) is 11.4 Å². The number of para-hydroxylation sites is 3. The van der Waals surface area contributed by atoms with Crippen LogP contribution in [0.15, 0.2) is 48.5 Å². The smallest absolute Gasteiger partial charge is 0.106 e. The minimum atomic E-state index is 0.895. The van der Waals surface area contributed by atoms with Gasteiger partial charge in [0.05, 0.1) is 11.0 Å². The van der Waals surface area contributed by atoms with Gasteiger partial charge in [0.2, 0.25) is 0 Å². The summed E-state index contributed by atoms with van der Waals surface area (Å²) in [5, 5.41) is 3.49. The Balaban J connectivity index is 1.74. The van der Waals surface area contributed by atoms with Gasteiger partial charge in [0, 0.05) is 18.8 Å². The van der Waals surface area contributed by atoms with Crippen molar-refractivity contribution in [3.63, 3.8) is 0 Å². The molecule has 0 bridgehead atoms. The topological polar surface area (TPSA) is 29.9 Å². The number of nitrogens with zero attached hydrogens (tertiary/aromatic N) is 2. The average molecular weight is 265 g/mol. The Kier molecular flexibility index (Phi) is 3.42. The van der Waals surface area contributed by atoms with Crippen LogP contribution in [0, 0.1) is 13.8 Å². The number of benzene rings is 2. The van der Waals surface area contributed by atoms with Crippen LogP contribution in [0.3, 0.4) is 0 Å². The molecule has 0 aliphatic carbocycles. The molecule has 20 heavy (non-hydrogen) atoms. The minimum absolute atomic E-state index is 0.895. The third-order valence-electron chi connectivity index (χ3n) is 3.64. The molecule has 3 heteroatoms. The molecule has 0 saturated carbocycles. The monoisotopic (exact) mass is 265 g/mol. The van der Waals surface area contributed by atoms with E-state index in [1.807, 2.05) is 6.07 Å². The zero-order chi connectivity index (χ0) is 13.9. The molecule has 3 aromatic rings. The number of fused-ring (bicyclic) bond motifs is 1. The van der Waals surface area contributed by atoms with Crippen LogP contribution in [0.25, 0.3) is 11.0 Å². The number of nitrogens with one attached hydrogen (secondary N) is 1. The molecule has 1 aromatic heterocycles. The lowest BCUT2D eigenvalue weighted by Crippen LogP contribution is -2.12. The van der Waals surface area contributed by atoms with Crippen LogP contribution >= 0.6 is 0 Å². The van der Waals surface area contributed by atoms with Gasteiger partial charge in [-0.05, 0) is 37.6 Å². The van der Waals surface area contributed by atoms with Crippen LogP contribution in [0.2, 0.25) is 0 Å². The van der Waals surface area contributed by atoms with E-state index < -0.39 is 0 Å². The van der Waals surface area contributed by atoms with Crippen LogP contribution in [0.5, 0.6) is 0 Å². The van der Waals surface area contributed by atoms with Crippen molar-refractivity contribution in [2.75, 3.05) is 11.9 Å². The molecule has 0 aliphatic heterocycles. The first-order valence-electron chi connectivity index (χ1n) is 6.97. The summed E-state index contributed by atoms with van der Waals surface area (Å²) < 4.78 is 2.26. The molecule has 0 amide bonds. The second-order valence-corrected chi connectivity index (χ2v) is 5.04. The fourth-order valence-corrected chi connectivity index (χ4v) is 2.55. The molecule has 0 saturated heterocycles. The molecule has 0 atom stereocenters. The van der Waals surface area contributed by atoms with Crippen molar-refractivity contribution in [1.82, 2.24) is 9.55 Å².